The molecule has 0 aliphatic carbocycles. The van der Waals surface area contributed by atoms with Crippen LogP contribution in [-0.2, 0) is 9.59 Å². The Balaban J connectivity index is 2.14. The van der Waals surface area contributed by atoms with Crippen LogP contribution in [0, 0.1) is 10.1 Å². The van der Waals surface area contributed by atoms with E-state index in [4.69, 9.17) is 0 Å². The van der Waals surface area contributed by atoms with Crippen molar-refractivity contribution in [1.29, 1.82) is 0 Å². The highest BCUT2D eigenvalue weighted by molar-refractivity contribution is 7.14. The second-order valence-corrected chi connectivity index (χ2v) is 4.85. The Hall–Kier alpha value is -3.07. The molecule has 1 aromatic carbocycles. The molecule has 9 heteroatoms. The van der Waals surface area contributed by atoms with Crippen LogP contribution in [0.25, 0.3) is 11.3 Å². The Kier molecular flexibility index (Phi) is 4.59. The third kappa shape index (κ3) is 3.96. The van der Waals surface area contributed by atoms with E-state index >= 15 is 0 Å². The van der Waals surface area contributed by atoms with Gasteiger partial charge in [-0.3, -0.25) is 20.2 Å². The summed E-state index contributed by atoms with van der Waals surface area (Å²) in [5.74, 6) is -2.14. The number of nitrogens with zero attached hydrogens (tertiary/aromatic N) is 2. The van der Waals surface area contributed by atoms with Gasteiger partial charge >= 0.3 is 0 Å². The zero-order valence-corrected chi connectivity index (χ0v) is 11.7. The summed E-state index contributed by atoms with van der Waals surface area (Å²) in [5, 5.41) is 25.2. The lowest BCUT2D eigenvalue weighted by molar-refractivity contribution is -0.384. The lowest BCUT2D eigenvalue weighted by Gasteiger charge is -1.98. The molecule has 2 rings (SSSR count). The first kappa shape index (κ1) is 15.3. The smallest absolute Gasteiger partial charge is 0.270 e. The molecule has 0 fully saturated rings. The molecule has 2 aromatic rings. The lowest BCUT2D eigenvalue weighted by Crippen LogP contribution is -2.20. The first-order valence-electron chi connectivity index (χ1n) is 5.86. The maximum atomic E-state index is 11.4. The second kappa shape index (κ2) is 6.59. The van der Waals surface area contributed by atoms with Gasteiger partial charge in [-0.25, -0.2) is 4.98 Å². The molecule has 0 atom stereocenters. The summed E-state index contributed by atoms with van der Waals surface area (Å²) in [6, 6.07) is 5.93. The fourth-order valence-electron chi connectivity index (χ4n) is 1.53. The summed E-state index contributed by atoms with van der Waals surface area (Å²) < 4.78 is 0. The minimum absolute atomic E-state index is 0.0621. The number of carboxylic acids is 1. The van der Waals surface area contributed by atoms with Gasteiger partial charge in [0.25, 0.3) is 5.69 Å². The van der Waals surface area contributed by atoms with Crippen LogP contribution in [0.15, 0.2) is 41.8 Å². The van der Waals surface area contributed by atoms with Gasteiger partial charge < -0.3 is 9.90 Å². The average molecular weight is 318 g/mol. The van der Waals surface area contributed by atoms with Gasteiger partial charge in [0.2, 0.25) is 5.91 Å². The van der Waals surface area contributed by atoms with E-state index in [2.05, 4.69) is 10.3 Å². The number of rotatable bonds is 5. The van der Waals surface area contributed by atoms with E-state index in [0.717, 1.165) is 17.4 Å². The molecule has 0 aliphatic heterocycles. The number of nitro benzene ring substituents is 1. The third-order valence-corrected chi connectivity index (χ3v) is 3.22. The van der Waals surface area contributed by atoms with Crippen LogP contribution in [0.3, 0.4) is 0 Å². The Morgan fingerprint density at radius 3 is 2.77 bits per heavy atom. The van der Waals surface area contributed by atoms with Crippen LogP contribution in [0.1, 0.15) is 0 Å². The topological polar surface area (TPSA) is 125 Å². The van der Waals surface area contributed by atoms with Crippen LogP contribution in [0.4, 0.5) is 10.8 Å². The SMILES string of the molecule is O=C([O-])C=CC(=O)Nc1nc(-c2cccc([N+](=O)[O-])c2)cs1. The average Bonchev–Trinajstić information content (AvgIpc) is 2.93. The number of hydrogen-bond donors (Lipinski definition) is 1. The molecule has 0 aliphatic rings. The van der Waals surface area contributed by atoms with Gasteiger partial charge in [-0.1, -0.05) is 12.1 Å². The van der Waals surface area contributed by atoms with Gasteiger partial charge in [0.05, 0.1) is 16.6 Å². The number of hydrogen-bond acceptors (Lipinski definition) is 7. The number of nitro groups is 1. The minimum atomic E-state index is -1.48. The standard InChI is InChI=1S/C13H9N3O5S/c17-11(4-5-12(18)19)15-13-14-10(7-22-13)8-2-1-3-9(6-8)16(20)21/h1-7H,(H,18,19)(H,14,15,17)/p-1. The summed E-state index contributed by atoms with van der Waals surface area (Å²) in [6.45, 7) is 0. The van der Waals surface area contributed by atoms with Crippen LogP contribution < -0.4 is 10.4 Å². The monoisotopic (exact) mass is 318 g/mol. The minimum Gasteiger partial charge on any atom is -0.545 e. The van der Waals surface area contributed by atoms with Gasteiger partial charge in [-0.05, 0) is 6.08 Å². The largest absolute Gasteiger partial charge is 0.545 e. The van der Waals surface area contributed by atoms with Crippen LogP contribution in [0.2, 0.25) is 0 Å². The van der Waals surface area contributed by atoms with Crippen molar-refractivity contribution in [1.82, 2.24) is 4.98 Å². The molecule has 112 valence electrons. The van der Waals surface area contributed by atoms with Gasteiger partial charge in [0.15, 0.2) is 5.13 Å². The number of thiazole rings is 1. The van der Waals surface area contributed by atoms with Crippen molar-refractivity contribution in [3.8, 4) is 11.3 Å². The van der Waals surface area contributed by atoms with E-state index in [1.165, 1.54) is 18.2 Å². The van der Waals surface area contributed by atoms with Gasteiger partial charge in [-0.2, -0.15) is 0 Å². The highest BCUT2D eigenvalue weighted by Gasteiger charge is 2.10. The number of carbonyl (C=O) groups is 2. The Morgan fingerprint density at radius 1 is 1.32 bits per heavy atom. The van der Waals surface area contributed by atoms with E-state index in [-0.39, 0.29) is 10.8 Å². The van der Waals surface area contributed by atoms with Gasteiger partial charge in [0, 0.05) is 29.2 Å². The molecule has 1 N–H and O–H groups in total. The van der Waals surface area contributed by atoms with Crippen LogP contribution in [-0.4, -0.2) is 21.8 Å². The van der Waals surface area contributed by atoms with Crippen molar-refractivity contribution in [3.63, 3.8) is 0 Å². The summed E-state index contributed by atoms with van der Waals surface area (Å²) >= 11 is 1.11. The Morgan fingerprint density at radius 2 is 2.09 bits per heavy atom. The maximum absolute atomic E-state index is 11.4. The van der Waals surface area contributed by atoms with Crippen LogP contribution >= 0.6 is 11.3 Å². The second-order valence-electron chi connectivity index (χ2n) is 3.99. The van der Waals surface area contributed by atoms with E-state index in [0.29, 0.717) is 17.3 Å². The van der Waals surface area contributed by atoms with Crippen molar-refractivity contribution in [2.45, 2.75) is 0 Å². The fraction of sp³-hybridized carbons (Fsp3) is 0. The van der Waals surface area contributed by atoms with Crippen molar-refractivity contribution in [2.75, 3.05) is 5.32 Å². The normalized spacial score (nSPS) is 10.5. The first-order chi connectivity index (χ1) is 10.5. The van der Waals surface area contributed by atoms with Crippen LogP contribution in [0.5, 0.6) is 0 Å². The number of anilines is 1. The third-order valence-electron chi connectivity index (χ3n) is 2.46. The molecular weight excluding hydrogens is 310 g/mol. The maximum Gasteiger partial charge on any atom is 0.270 e. The molecule has 1 amide bonds. The zero-order chi connectivity index (χ0) is 16.1. The number of non-ortho nitro benzene ring substituents is 1. The van der Waals surface area contributed by atoms with Gasteiger partial charge in [-0.15, -0.1) is 11.3 Å². The highest BCUT2D eigenvalue weighted by Crippen LogP contribution is 2.27. The number of aromatic nitrogens is 1. The number of carboxylic acid groups (broad SMARTS) is 1. The van der Waals surface area contributed by atoms with Crippen molar-refractivity contribution < 1.29 is 19.6 Å². The highest BCUT2D eigenvalue weighted by atomic mass is 32.1. The molecule has 0 bridgehead atoms. The molecule has 0 radical (unpaired) electrons. The molecule has 22 heavy (non-hydrogen) atoms. The zero-order valence-electron chi connectivity index (χ0n) is 10.9. The molecular formula is C13H8N3O5S-. The van der Waals surface area contributed by atoms with Gasteiger partial charge in [0.1, 0.15) is 0 Å². The summed E-state index contributed by atoms with van der Waals surface area (Å²) in [6.07, 6.45) is 1.41. The molecule has 0 saturated carbocycles. The number of carbonyl (C=O) groups excluding carboxylic acids is 2. The molecule has 0 spiro atoms. The lowest BCUT2D eigenvalue weighted by atomic mass is 10.1. The predicted molar refractivity (Wildman–Crippen MR) is 77.0 cm³/mol. The Labute approximate surface area is 127 Å². The Bertz CT molecular complexity index is 769. The molecule has 1 heterocycles. The molecule has 0 saturated heterocycles. The van der Waals surface area contributed by atoms with E-state index in [1.807, 2.05) is 0 Å². The quantitative estimate of drug-likeness (QED) is 0.497. The molecule has 0 unspecified atom stereocenters. The first-order valence-corrected chi connectivity index (χ1v) is 6.74. The van der Waals surface area contributed by atoms with E-state index in [9.17, 15) is 24.8 Å². The predicted octanol–water partition coefficient (Wildman–Crippen LogP) is 0.963. The fourth-order valence-corrected chi connectivity index (χ4v) is 2.26. The summed E-state index contributed by atoms with van der Waals surface area (Å²) in [7, 11) is 0. The number of amides is 1. The van der Waals surface area contributed by atoms with E-state index < -0.39 is 16.8 Å². The van der Waals surface area contributed by atoms with Crippen molar-refractivity contribution in [2.24, 2.45) is 0 Å². The number of benzene rings is 1. The van der Waals surface area contributed by atoms with Crippen molar-refractivity contribution >= 4 is 34.0 Å². The molecule has 1 aromatic heterocycles. The number of nitrogens with one attached hydrogen (secondary N) is 1. The molecule has 8 nitrogen and oxygen atoms in total. The van der Waals surface area contributed by atoms with E-state index in [1.54, 1.807) is 11.4 Å². The summed E-state index contributed by atoms with van der Waals surface area (Å²) in [4.78, 5) is 35.9. The van der Waals surface area contributed by atoms with Crippen molar-refractivity contribution in [3.05, 3.63) is 51.9 Å². The summed E-state index contributed by atoms with van der Waals surface area (Å²) in [5.41, 5.74) is 0.942. The number of aliphatic carboxylic acids is 1.